The van der Waals surface area contributed by atoms with Gasteiger partial charge in [0.15, 0.2) is 12.0 Å². The molecule has 12 nitrogen and oxygen atoms in total. The molecule has 2 heterocycles. The number of phosphoric acid groups is 1. The lowest BCUT2D eigenvalue weighted by Crippen LogP contribution is -2.25. The summed E-state index contributed by atoms with van der Waals surface area (Å²) in [4.78, 5) is 46.9. The van der Waals surface area contributed by atoms with E-state index in [1.807, 2.05) is 0 Å². The monoisotopic (exact) mass is 348 g/mol. The summed E-state index contributed by atoms with van der Waals surface area (Å²) in [5.74, 6) is -3.12. The summed E-state index contributed by atoms with van der Waals surface area (Å²) in [7, 11) is -3.34. The molecule has 1 saturated heterocycles. The van der Waals surface area contributed by atoms with E-state index in [-0.39, 0.29) is 5.82 Å². The number of nitrogens with zero attached hydrogens (tertiary/aromatic N) is 3. The van der Waals surface area contributed by atoms with Crippen LogP contribution in [0.15, 0.2) is 6.33 Å². The van der Waals surface area contributed by atoms with Crippen LogP contribution >= 0.6 is 7.82 Å². The van der Waals surface area contributed by atoms with Gasteiger partial charge in [-0.05, 0) is 0 Å². The number of hydrogen-bond donors (Lipinski definition) is 2. The first-order valence-corrected chi connectivity index (χ1v) is 7.67. The summed E-state index contributed by atoms with van der Waals surface area (Å²) < 4.78 is 26.3. The zero-order valence-electron chi connectivity index (χ0n) is 11.8. The van der Waals surface area contributed by atoms with E-state index >= 15 is 0 Å². The average molecular weight is 348 g/mol. The van der Waals surface area contributed by atoms with Crippen molar-refractivity contribution < 1.29 is 37.6 Å². The summed E-state index contributed by atoms with van der Waals surface area (Å²) in [6.07, 6.45) is -1.04. The van der Waals surface area contributed by atoms with Crippen molar-refractivity contribution in [2.75, 3.05) is 13.7 Å². The van der Waals surface area contributed by atoms with E-state index in [0.29, 0.717) is 6.29 Å². The van der Waals surface area contributed by atoms with Gasteiger partial charge >= 0.3 is 7.82 Å². The fraction of sp³-hybridized carbons (Fsp3) is 0.500. The molecule has 1 fully saturated rings. The number of primary amides is 1. The molecule has 2 unspecified atom stereocenters. The molecule has 1 aliphatic heterocycles. The molecule has 0 radical (unpaired) electrons. The first-order chi connectivity index (χ1) is 10.8. The highest BCUT2D eigenvalue weighted by atomic mass is 31.2. The summed E-state index contributed by atoms with van der Waals surface area (Å²) in [6, 6.07) is 0. The molecule has 126 valence electrons. The lowest BCUT2D eigenvalue weighted by atomic mass is 10.0. The van der Waals surface area contributed by atoms with Crippen LogP contribution in [0.1, 0.15) is 16.8 Å². The molecule has 0 saturated carbocycles. The van der Waals surface area contributed by atoms with Crippen LogP contribution in [-0.4, -0.2) is 57.5 Å². The van der Waals surface area contributed by atoms with E-state index < -0.39 is 44.4 Å². The number of aldehydes is 1. The Bertz CT molecular complexity index is 676. The van der Waals surface area contributed by atoms with E-state index in [4.69, 9.17) is 15.4 Å². The maximum absolute atomic E-state index is 12.1. The van der Waals surface area contributed by atoms with E-state index in [2.05, 4.69) is 19.1 Å². The van der Waals surface area contributed by atoms with Gasteiger partial charge in [0.1, 0.15) is 24.6 Å². The van der Waals surface area contributed by atoms with E-state index in [1.165, 1.54) is 0 Å². The molecule has 4 atom stereocenters. The Balaban J connectivity index is 2.15. The molecule has 1 amide bonds. The topological polar surface area (TPSA) is 173 Å². The Morgan fingerprint density at radius 3 is 2.87 bits per heavy atom. The highest BCUT2D eigenvalue weighted by Crippen LogP contribution is 2.43. The Morgan fingerprint density at radius 2 is 2.35 bits per heavy atom. The van der Waals surface area contributed by atoms with Crippen molar-refractivity contribution in [2.24, 2.45) is 11.7 Å². The number of aromatic nitrogens is 3. The van der Waals surface area contributed by atoms with Crippen molar-refractivity contribution in [3.05, 3.63) is 12.2 Å². The van der Waals surface area contributed by atoms with Gasteiger partial charge in [-0.1, -0.05) is 0 Å². The van der Waals surface area contributed by atoms with Gasteiger partial charge in [-0.15, -0.1) is 5.10 Å². The molecule has 1 aliphatic rings. The summed E-state index contributed by atoms with van der Waals surface area (Å²) in [5, 5.41) is 3.71. The number of nitrogens with two attached hydrogens (primary N) is 1. The molecular weight excluding hydrogens is 335 g/mol. The maximum atomic E-state index is 12.1. The molecule has 0 aromatic carbocycles. The van der Waals surface area contributed by atoms with Gasteiger partial charge < -0.3 is 20.2 Å². The van der Waals surface area contributed by atoms with Crippen molar-refractivity contribution in [3.8, 4) is 0 Å². The molecule has 23 heavy (non-hydrogen) atoms. The van der Waals surface area contributed by atoms with Crippen molar-refractivity contribution >= 4 is 25.8 Å². The van der Waals surface area contributed by atoms with E-state index in [1.54, 1.807) is 0 Å². The number of carbonyl (C=O) groups is 3. The van der Waals surface area contributed by atoms with Crippen LogP contribution in [0.4, 0.5) is 0 Å². The highest BCUT2D eigenvalue weighted by Gasteiger charge is 2.46. The number of ketones is 1. The van der Waals surface area contributed by atoms with Gasteiger partial charge in [-0.3, -0.25) is 18.6 Å². The third-order valence-electron chi connectivity index (χ3n) is 3.01. The quantitative estimate of drug-likeness (QED) is 0.332. The number of phosphoric ester groups is 1. The van der Waals surface area contributed by atoms with Crippen LogP contribution in [0.3, 0.4) is 0 Å². The number of hydrogen-bond acceptors (Lipinski definition) is 9. The van der Waals surface area contributed by atoms with Gasteiger partial charge in [-0.2, -0.15) is 0 Å². The van der Waals surface area contributed by atoms with Crippen molar-refractivity contribution in [1.82, 2.24) is 14.8 Å². The molecule has 1 aromatic heterocycles. The average Bonchev–Trinajstić information content (AvgIpc) is 3.10. The number of carbonyl (C=O) groups excluding carboxylic acids is 3. The standard InChI is InChI=1S/C10H13N4O8P/c1-20-23(18,19)21-3-6-7(16)5(2-15)10(22-6)14-4-12-9(13-14)8(11)17/h2,4-6,10H,3H2,1H3,(H2,11,17)(H,18,19)/t5?,6-,10-/m1/s1. The predicted molar refractivity (Wildman–Crippen MR) is 69.8 cm³/mol. The number of Topliss-reactive ketones (excluding diaryl/α,β-unsaturated/α-hetero) is 1. The normalized spacial score (nSPS) is 26.9. The van der Waals surface area contributed by atoms with Gasteiger partial charge in [0.2, 0.25) is 5.82 Å². The second-order valence-electron chi connectivity index (χ2n) is 4.44. The van der Waals surface area contributed by atoms with Crippen LogP contribution in [0, 0.1) is 5.92 Å². The minimum Gasteiger partial charge on any atom is -0.363 e. The SMILES string of the molecule is COP(=O)(O)OC[C@H]1O[C@@H](n2cnc(C(N)=O)n2)C(C=O)C1=O. The first kappa shape index (κ1) is 17.4. The van der Waals surface area contributed by atoms with Crippen LogP contribution in [0.2, 0.25) is 0 Å². The van der Waals surface area contributed by atoms with E-state index in [0.717, 1.165) is 18.1 Å². The van der Waals surface area contributed by atoms with Gasteiger partial charge in [0.05, 0.1) is 6.61 Å². The minimum atomic E-state index is -4.30. The Morgan fingerprint density at radius 1 is 1.65 bits per heavy atom. The van der Waals surface area contributed by atoms with Crippen molar-refractivity contribution in [2.45, 2.75) is 12.3 Å². The molecule has 13 heteroatoms. The Kier molecular flexibility index (Phi) is 5.02. The molecular formula is C10H13N4O8P. The fourth-order valence-corrected chi connectivity index (χ4v) is 2.31. The van der Waals surface area contributed by atoms with E-state index in [9.17, 15) is 18.9 Å². The second-order valence-corrected chi connectivity index (χ2v) is 6.00. The van der Waals surface area contributed by atoms with Crippen molar-refractivity contribution in [1.29, 1.82) is 0 Å². The van der Waals surface area contributed by atoms with Crippen LogP contribution < -0.4 is 5.73 Å². The zero-order valence-corrected chi connectivity index (χ0v) is 12.7. The number of amides is 1. The number of ether oxygens (including phenoxy) is 1. The van der Waals surface area contributed by atoms with Gasteiger partial charge in [-0.25, -0.2) is 14.2 Å². The molecule has 3 N–H and O–H groups in total. The molecule has 0 bridgehead atoms. The predicted octanol–water partition coefficient (Wildman–Crippen LogP) is -1.58. The largest absolute Gasteiger partial charge is 0.472 e. The zero-order chi connectivity index (χ0) is 17.2. The summed E-state index contributed by atoms with van der Waals surface area (Å²) in [5.41, 5.74) is 5.01. The molecule has 2 rings (SSSR count). The Labute approximate surface area is 129 Å². The first-order valence-electron chi connectivity index (χ1n) is 6.17. The smallest absolute Gasteiger partial charge is 0.363 e. The fourth-order valence-electron chi connectivity index (χ4n) is 1.88. The Hall–Kier alpha value is -1.98. The van der Waals surface area contributed by atoms with Crippen molar-refractivity contribution in [3.63, 3.8) is 0 Å². The van der Waals surface area contributed by atoms with Crippen LogP contribution in [-0.2, 0) is 27.9 Å². The maximum Gasteiger partial charge on any atom is 0.472 e. The molecule has 0 spiro atoms. The van der Waals surface area contributed by atoms with Crippen LogP contribution in [0.5, 0.6) is 0 Å². The van der Waals surface area contributed by atoms with Gasteiger partial charge in [0.25, 0.3) is 5.91 Å². The lowest BCUT2D eigenvalue weighted by Gasteiger charge is -2.14. The minimum absolute atomic E-state index is 0.315. The molecule has 1 aromatic rings. The summed E-state index contributed by atoms with van der Waals surface area (Å²) in [6.45, 7) is -0.599. The third kappa shape index (κ3) is 3.68. The summed E-state index contributed by atoms with van der Waals surface area (Å²) >= 11 is 0. The lowest BCUT2D eigenvalue weighted by molar-refractivity contribution is -0.127. The highest BCUT2D eigenvalue weighted by molar-refractivity contribution is 7.47. The van der Waals surface area contributed by atoms with Gasteiger partial charge in [0, 0.05) is 7.11 Å². The molecule has 0 aliphatic carbocycles. The van der Waals surface area contributed by atoms with Crippen LogP contribution in [0.25, 0.3) is 0 Å². The number of rotatable bonds is 7. The second kappa shape index (κ2) is 6.64. The third-order valence-corrected chi connectivity index (χ3v) is 3.95.